The van der Waals surface area contributed by atoms with Crippen molar-refractivity contribution in [3.63, 3.8) is 0 Å². The number of para-hydroxylation sites is 1. The number of hydrogen-bond donors (Lipinski definition) is 2. The Morgan fingerprint density at radius 2 is 2.07 bits per heavy atom. The molecular formula is C11H15NO2. The van der Waals surface area contributed by atoms with E-state index in [1.54, 1.807) is 0 Å². The second-order valence-corrected chi connectivity index (χ2v) is 3.53. The summed E-state index contributed by atoms with van der Waals surface area (Å²) in [6, 6.07) is 9.64. The SMILES string of the molecule is O[C@H]1CNCC[C@@H]1Oc1ccccc1. The summed E-state index contributed by atoms with van der Waals surface area (Å²) in [5, 5.41) is 12.8. The van der Waals surface area contributed by atoms with Crippen LogP contribution in [0.2, 0.25) is 0 Å². The van der Waals surface area contributed by atoms with Crippen molar-refractivity contribution >= 4 is 0 Å². The molecule has 76 valence electrons. The van der Waals surface area contributed by atoms with Crippen LogP contribution in [0.4, 0.5) is 0 Å². The van der Waals surface area contributed by atoms with E-state index in [1.165, 1.54) is 0 Å². The van der Waals surface area contributed by atoms with E-state index in [-0.39, 0.29) is 6.10 Å². The van der Waals surface area contributed by atoms with Crippen molar-refractivity contribution in [2.24, 2.45) is 0 Å². The van der Waals surface area contributed by atoms with E-state index in [2.05, 4.69) is 5.32 Å². The molecule has 2 atom stereocenters. The summed E-state index contributed by atoms with van der Waals surface area (Å²) in [4.78, 5) is 0. The van der Waals surface area contributed by atoms with Crippen molar-refractivity contribution in [3.8, 4) is 5.75 Å². The number of benzene rings is 1. The third-order valence-electron chi connectivity index (χ3n) is 2.42. The molecule has 0 aromatic heterocycles. The molecule has 1 aromatic rings. The van der Waals surface area contributed by atoms with Gasteiger partial charge in [-0.3, -0.25) is 0 Å². The van der Waals surface area contributed by atoms with Gasteiger partial charge < -0.3 is 15.2 Å². The van der Waals surface area contributed by atoms with Crippen molar-refractivity contribution < 1.29 is 9.84 Å². The van der Waals surface area contributed by atoms with E-state index in [0.29, 0.717) is 6.54 Å². The molecule has 2 N–H and O–H groups in total. The average Bonchev–Trinajstić information content (AvgIpc) is 2.23. The number of hydrogen-bond acceptors (Lipinski definition) is 3. The molecular weight excluding hydrogens is 178 g/mol. The topological polar surface area (TPSA) is 41.5 Å². The molecule has 1 aromatic carbocycles. The van der Waals surface area contributed by atoms with Gasteiger partial charge in [0, 0.05) is 6.54 Å². The van der Waals surface area contributed by atoms with Crippen molar-refractivity contribution in [2.45, 2.75) is 18.6 Å². The van der Waals surface area contributed by atoms with Gasteiger partial charge in [-0.25, -0.2) is 0 Å². The molecule has 0 aliphatic carbocycles. The van der Waals surface area contributed by atoms with Gasteiger partial charge in [0.25, 0.3) is 0 Å². The number of ether oxygens (including phenoxy) is 1. The molecule has 2 rings (SSSR count). The Labute approximate surface area is 83.7 Å². The molecule has 3 nitrogen and oxygen atoms in total. The van der Waals surface area contributed by atoms with Crippen LogP contribution in [0.25, 0.3) is 0 Å². The molecule has 1 heterocycles. The second-order valence-electron chi connectivity index (χ2n) is 3.53. The fourth-order valence-electron chi connectivity index (χ4n) is 1.63. The maximum absolute atomic E-state index is 9.64. The molecule has 1 saturated heterocycles. The van der Waals surface area contributed by atoms with Crippen LogP contribution in [0.3, 0.4) is 0 Å². The molecule has 1 fully saturated rings. The average molecular weight is 193 g/mol. The number of β-amino-alcohol motifs (C(OH)–C–C–N with tert-alkyl or cyclic N) is 1. The minimum Gasteiger partial charge on any atom is -0.488 e. The molecule has 0 amide bonds. The molecule has 0 saturated carbocycles. The summed E-state index contributed by atoms with van der Waals surface area (Å²) in [6.07, 6.45) is 0.387. The summed E-state index contributed by atoms with van der Waals surface area (Å²) in [5.41, 5.74) is 0. The smallest absolute Gasteiger partial charge is 0.127 e. The van der Waals surface area contributed by atoms with E-state index in [4.69, 9.17) is 4.74 Å². The van der Waals surface area contributed by atoms with E-state index in [0.717, 1.165) is 18.7 Å². The molecule has 14 heavy (non-hydrogen) atoms. The van der Waals surface area contributed by atoms with Crippen molar-refractivity contribution in [1.29, 1.82) is 0 Å². The molecule has 0 spiro atoms. The minimum absolute atomic E-state index is 0.0707. The lowest BCUT2D eigenvalue weighted by atomic mass is 10.1. The highest BCUT2D eigenvalue weighted by molar-refractivity contribution is 5.21. The third-order valence-corrected chi connectivity index (χ3v) is 2.42. The van der Waals surface area contributed by atoms with Crippen LogP contribution in [-0.2, 0) is 0 Å². The molecule has 1 aliphatic rings. The van der Waals surface area contributed by atoms with Crippen LogP contribution >= 0.6 is 0 Å². The normalized spacial score (nSPS) is 27.2. The predicted molar refractivity (Wildman–Crippen MR) is 54.4 cm³/mol. The van der Waals surface area contributed by atoms with Crippen LogP contribution in [0, 0.1) is 0 Å². The molecule has 0 bridgehead atoms. The van der Waals surface area contributed by atoms with Crippen LogP contribution in [0.1, 0.15) is 6.42 Å². The zero-order valence-electron chi connectivity index (χ0n) is 8.02. The van der Waals surface area contributed by atoms with E-state index < -0.39 is 6.10 Å². The van der Waals surface area contributed by atoms with Gasteiger partial charge >= 0.3 is 0 Å². The monoisotopic (exact) mass is 193 g/mol. The highest BCUT2D eigenvalue weighted by Gasteiger charge is 2.24. The maximum atomic E-state index is 9.64. The first-order valence-corrected chi connectivity index (χ1v) is 4.97. The third kappa shape index (κ3) is 2.25. The molecule has 3 heteroatoms. The fraction of sp³-hybridized carbons (Fsp3) is 0.455. The van der Waals surface area contributed by atoms with Crippen molar-refractivity contribution in [3.05, 3.63) is 30.3 Å². The number of aliphatic hydroxyl groups is 1. The first-order valence-electron chi connectivity index (χ1n) is 4.97. The lowest BCUT2D eigenvalue weighted by Gasteiger charge is -2.28. The highest BCUT2D eigenvalue weighted by Crippen LogP contribution is 2.15. The van der Waals surface area contributed by atoms with Crippen LogP contribution in [0.15, 0.2) is 30.3 Å². The molecule has 0 radical (unpaired) electrons. The largest absolute Gasteiger partial charge is 0.488 e. The first-order chi connectivity index (χ1) is 6.86. The maximum Gasteiger partial charge on any atom is 0.127 e. The lowest BCUT2D eigenvalue weighted by Crippen LogP contribution is -2.46. The van der Waals surface area contributed by atoms with Gasteiger partial charge in [0.05, 0.1) is 0 Å². The quantitative estimate of drug-likeness (QED) is 0.729. The van der Waals surface area contributed by atoms with Crippen LogP contribution < -0.4 is 10.1 Å². The first kappa shape index (κ1) is 9.49. The summed E-state index contributed by atoms with van der Waals surface area (Å²) >= 11 is 0. The van der Waals surface area contributed by atoms with Gasteiger partial charge in [-0.2, -0.15) is 0 Å². The second kappa shape index (κ2) is 4.44. The van der Waals surface area contributed by atoms with E-state index in [9.17, 15) is 5.11 Å². The van der Waals surface area contributed by atoms with Crippen molar-refractivity contribution in [1.82, 2.24) is 5.32 Å². The Bertz CT molecular complexity index is 276. The summed E-state index contributed by atoms with van der Waals surface area (Å²) < 4.78 is 5.68. The number of aliphatic hydroxyl groups excluding tert-OH is 1. The number of rotatable bonds is 2. The number of piperidine rings is 1. The standard InChI is InChI=1S/C11H15NO2/c13-10-8-12-7-6-11(10)14-9-4-2-1-3-5-9/h1-5,10-13H,6-8H2/t10-,11-/m0/s1. The fourth-order valence-corrected chi connectivity index (χ4v) is 1.63. The van der Waals surface area contributed by atoms with Crippen LogP contribution in [-0.4, -0.2) is 30.4 Å². The minimum atomic E-state index is -0.399. The Morgan fingerprint density at radius 1 is 1.29 bits per heavy atom. The number of nitrogens with one attached hydrogen (secondary N) is 1. The summed E-state index contributed by atoms with van der Waals surface area (Å²) in [6.45, 7) is 1.53. The van der Waals surface area contributed by atoms with Gasteiger partial charge in [0.1, 0.15) is 18.0 Å². The van der Waals surface area contributed by atoms with Gasteiger partial charge in [0.15, 0.2) is 0 Å². The van der Waals surface area contributed by atoms with Gasteiger partial charge in [0.2, 0.25) is 0 Å². The Balaban J connectivity index is 1.96. The Hall–Kier alpha value is -1.06. The van der Waals surface area contributed by atoms with Crippen LogP contribution in [0.5, 0.6) is 5.75 Å². The molecule has 0 unspecified atom stereocenters. The summed E-state index contributed by atoms with van der Waals surface area (Å²) in [7, 11) is 0. The van der Waals surface area contributed by atoms with Gasteiger partial charge in [-0.05, 0) is 25.1 Å². The predicted octanol–water partition coefficient (Wildman–Crippen LogP) is 0.788. The summed E-state index contributed by atoms with van der Waals surface area (Å²) in [5.74, 6) is 0.832. The van der Waals surface area contributed by atoms with Gasteiger partial charge in [-0.15, -0.1) is 0 Å². The van der Waals surface area contributed by atoms with E-state index >= 15 is 0 Å². The zero-order valence-corrected chi connectivity index (χ0v) is 8.02. The Morgan fingerprint density at radius 3 is 2.79 bits per heavy atom. The highest BCUT2D eigenvalue weighted by atomic mass is 16.5. The van der Waals surface area contributed by atoms with E-state index in [1.807, 2.05) is 30.3 Å². The zero-order chi connectivity index (χ0) is 9.80. The Kier molecular flexibility index (Phi) is 3.01. The van der Waals surface area contributed by atoms with Crippen molar-refractivity contribution in [2.75, 3.05) is 13.1 Å². The lowest BCUT2D eigenvalue weighted by molar-refractivity contribution is 0.0163. The van der Waals surface area contributed by atoms with Gasteiger partial charge in [-0.1, -0.05) is 18.2 Å². The molecule has 1 aliphatic heterocycles.